The number of alkyl halides is 2. The molecule has 0 unspecified atom stereocenters. The van der Waals surface area contributed by atoms with E-state index in [-0.39, 0.29) is 8.30 Å². The van der Waals surface area contributed by atoms with Gasteiger partial charge in [0, 0.05) is 0 Å². The second kappa shape index (κ2) is 4.43. The Balaban J connectivity index is 3.44. The lowest BCUT2D eigenvalue weighted by molar-refractivity contribution is -0.387. The minimum Gasteiger partial charge on any atom is -0.258 e. The first kappa shape index (κ1) is 11.7. The molecule has 0 spiro atoms. The smallest absolute Gasteiger partial charge is 0.258 e. The lowest BCUT2D eigenvalue weighted by Gasteiger charge is -2.03. The maximum absolute atomic E-state index is 12.4. The highest BCUT2D eigenvalue weighted by Crippen LogP contribution is 2.34. The van der Waals surface area contributed by atoms with E-state index in [1.165, 1.54) is 0 Å². The third kappa shape index (κ3) is 2.35. The van der Waals surface area contributed by atoms with Crippen LogP contribution in [0, 0.1) is 13.8 Å². The second-order valence-corrected chi connectivity index (χ2v) is 4.09. The van der Waals surface area contributed by atoms with E-state index in [0.717, 1.165) is 6.07 Å². The van der Waals surface area contributed by atoms with E-state index in [2.05, 4.69) is 20.9 Å². The van der Waals surface area contributed by atoms with Crippen LogP contribution >= 0.6 is 38.5 Å². The molecule has 0 amide bonds. The molecule has 0 aliphatic heterocycles. The standard InChI is InChI=1S/C6H2BrF2IN2O2/c7-5-4(12(13)14)2(6(8)9)1-3(10)11-5/h1,6H. The van der Waals surface area contributed by atoms with Crippen LogP contribution in [0.25, 0.3) is 0 Å². The Labute approximate surface area is 99.1 Å². The van der Waals surface area contributed by atoms with Crippen molar-refractivity contribution < 1.29 is 13.7 Å². The van der Waals surface area contributed by atoms with Crippen molar-refractivity contribution in [1.29, 1.82) is 0 Å². The Bertz CT molecular complexity index is 388. The third-order valence-corrected chi connectivity index (χ3v) is 2.47. The van der Waals surface area contributed by atoms with Gasteiger partial charge in [0.2, 0.25) is 0 Å². The van der Waals surface area contributed by atoms with Crippen molar-refractivity contribution in [3.05, 3.63) is 30.0 Å². The molecule has 0 aromatic carbocycles. The molecule has 0 fully saturated rings. The lowest BCUT2D eigenvalue weighted by atomic mass is 10.2. The van der Waals surface area contributed by atoms with Crippen LogP contribution in [0.15, 0.2) is 10.7 Å². The predicted octanol–water partition coefficient (Wildman–Crippen LogP) is 3.29. The van der Waals surface area contributed by atoms with E-state index in [0.29, 0.717) is 0 Å². The molecule has 1 aromatic rings. The molecule has 0 atom stereocenters. The molecule has 1 rings (SSSR count). The SMILES string of the molecule is O=[N+]([O-])c1c(C(F)F)cc(I)nc1Br. The average Bonchev–Trinajstić information content (AvgIpc) is 2.01. The maximum Gasteiger partial charge on any atom is 0.310 e. The highest BCUT2D eigenvalue weighted by Gasteiger charge is 2.26. The van der Waals surface area contributed by atoms with Crippen LogP contribution in [0.1, 0.15) is 12.0 Å². The number of hydrogen-bond acceptors (Lipinski definition) is 3. The van der Waals surface area contributed by atoms with E-state index < -0.39 is 22.6 Å². The van der Waals surface area contributed by atoms with Gasteiger partial charge in [-0.2, -0.15) is 0 Å². The maximum atomic E-state index is 12.4. The molecule has 8 heteroatoms. The summed E-state index contributed by atoms with van der Waals surface area (Å²) in [4.78, 5) is 13.2. The Hall–Kier alpha value is -0.380. The third-order valence-electron chi connectivity index (χ3n) is 1.37. The molecule has 0 saturated carbocycles. The normalized spacial score (nSPS) is 10.6. The van der Waals surface area contributed by atoms with Crippen molar-refractivity contribution in [2.45, 2.75) is 6.43 Å². The first-order valence-electron chi connectivity index (χ1n) is 3.22. The fourth-order valence-corrected chi connectivity index (χ4v) is 2.31. The molecule has 1 heterocycles. The molecule has 0 bridgehead atoms. The summed E-state index contributed by atoms with van der Waals surface area (Å²) in [5, 5.41) is 10.5. The van der Waals surface area contributed by atoms with Crippen LogP contribution in [0.4, 0.5) is 14.5 Å². The fourth-order valence-electron chi connectivity index (χ4n) is 0.842. The van der Waals surface area contributed by atoms with Crippen molar-refractivity contribution in [3.63, 3.8) is 0 Å². The average molecular weight is 379 g/mol. The number of pyridine rings is 1. The van der Waals surface area contributed by atoms with E-state index in [1.54, 1.807) is 22.6 Å². The molecule has 1 aromatic heterocycles. The molecular weight excluding hydrogens is 377 g/mol. The minimum absolute atomic E-state index is 0.176. The van der Waals surface area contributed by atoms with E-state index in [9.17, 15) is 18.9 Å². The summed E-state index contributed by atoms with van der Waals surface area (Å²) in [7, 11) is 0. The zero-order chi connectivity index (χ0) is 10.9. The summed E-state index contributed by atoms with van der Waals surface area (Å²) >= 11 is 4.48. The topological polar surface area (TPSA) is 56.0 Å². The molecule has 0 N–H and O–H groups in total. The highest BCUT2D eigenvalue weighted by atomic mass is 127. The number of rotatable bonds is 2. The van der Waals surface area contributed by atoms with Crippen molar-refractivity contribution in [1.82, 2.24) is 4.98 Å². The summed E-state index contributed by atoms with van der Waals surface area (Å²) < 4.78 is 24.9. The van der Waals surface area contributed by atoms with Gasteiger partial charge < -0.3 is 0 Å². The number of aromatic nitrogens is 1. The highest BCUT2D eigenvalue weighted by molar-refractivity contribution is 14.1. The number of nitrogens with zero attached hydrogens (tertiary/aromatic N) is 2. The van der Waals surface area contributed by atoms with Crippen LogP contribution in [0.2, 0.25) is 0 Å². The van der Waals surface area contributed by atoms with Crippen LogP contribution in [0.5, 0.6) is 0 Å². The van der Waals surface area contributed by atoms with E-state index in [1.807, 2.05) is 0 Å². The minimum atomic E-state index is -2.89. The van der Waals surface area contributed by atoms with Gasteiger partial charge in [0.1, 0.15) is 9.26 Å². The molecular formula is C6H2BrF2IN2O2. The van der Waals surface area contributed by atoms with Gasteiger partial charge in [-0.25, -0.2) is 13.8 Å². The Morgan fingerprint density at radius 2 is 2.21 bits per heavy atom. The Kier molecular flexibility index (Phi) is 3.70. The quantitative estimate of drug-likeness (QED) is 0.343. The van der Waals surface area contributed by atoms with Crippen molar-refractivity contribution in [2.75, 3.05) is 0 Å². The van der Waals surface area contributed by atoms with Gasteiger partial charge in [-0.3, -0.25) is 10.1 Å². The largest absolute Gasteiger partial charge is 0.310 e. The fraction of sp³-hybridized carbons (Fsp3) is 0.167. The molecule has 0 aliphatic carbocycles. The molecule has 0 radical (unpaired) electrons. The van der Waals surface area contributed by atoms with Gasteiger partial charge in [0.05, 0.1) is 4.92 Å². The Morgan fingerprint density at radius 3 is 2.64 bits per heavy atom. The lowest BCUT2D eigenvalue weighted by Crippen LogP contribution is -2.00. The summed E-state index contributed by atoms with van der Waals surface area (Å²) in [5.41, 5.74) is -1.30. The summed E-state index contributed by atoms with van der Waals surface area (Å²) in [6.07, 6.45) is -2.89. The van der Waals surface area contributed by atoms with Crippen molar-refractivity contribution >= 4 is 44.2 Å². The van der Waals surface area contributed by atoms with Gasteiger partial charge in [-0.05, 0) is 44.6 Å². The summed E-state index contributed by atoms with van der Waals surface area (Å²) in [6.45, 7) is 0. The van der Waals surface area contributed by atoms with E-state index >= 15 is 0 Å². The van der Waals surface area contributed by atoms with Gasteiger partial charge in [0.15, 0.2) is 4.60 Å². The van der Waals surface area contributed by atoms with Gasteiger partial charge in [-0.15, -0.1) is 0 Å². The molecule has 0 aliphatic rings. The first-order chi connectivity index (χ1) is 6.43. The van der Waals surface area contributed by atoms with Gasteiger partial charge in [0.25, 0.3) is 6.43 Å². The van der Waals surface area contributed by atoms with Crippen LogP contribution in [-0.2, 0) is 0 Å². The number of halogens is 4. The Morgan fingerprint density at radius 1 is 1.64 bits per heavy atom. The monoisotopic (exact) mass is 378 g/mol. The van der Waals surface area contributed by atoms with Crippen LogP contribution < -0.4 is 0 Å². The zero-order valence-electron chi connectivity index (χ0n) is 6.38. The number of hydrogen-bond donors (Lipinski definition) is 0. The molecule has 14 heavy (non-hydrogen) atoms. The van der Waals surface area contributed by atoms with Crippen molar-refractivity contribution in [2.24, 2.45) is 0 Å². The second-order valence-electron chi connectivity index (χ2n) is 2.23. The van der Waals surface area contributed by atoms with Gasteiger partial charge in [-0.1, -0.05) is 0 Å². The summed E-state index contributed by atoms with van der Waals surface area (Å²) in [5.74, 6) is 0. The molecule has 76 valence electrons. The number of nitro groups is 1. The zero-order valence-corrected chi connectivity index (χ0v) is 10.1. The van der Waals surface area contributed by atoms with Crippen LogP contribution in [-0.4, -0.2) is 9.91 Å². The van der Waals surface area contributed by atoms with Crippen LogP contribution in [0.3, 0.4) is 0 Å². The predicted molar refractivity (Wildman–Crippen MR) is 56.3 cm³/mol. The van der Waals surface area contributed by atoms with Crippen molar-refractivity contribution in [3.8, 4) is 0 Å². The summed E-state index contributed by atoms with van der Waals surface area (Å²) in [6, 6.07) is 0.994. The molecule has 0 saturated heterocycles. The molecule has 4 nitrogen and oxygen atoms in total. The first-order valence-corrected chi connectivity index (χ1v) is 5.09. The van der Waals surface area contributed by atoms with E-state index in [4.69, 9.17) is 0 Å². The van der Waals surface area contributed by atoms with Gasteiger partial charge >= 0.3 is 5.69 Å².